The summed E-state index contributed by atoms with van der Waals surface area (Å²) in [5.41, 5.74) is 1.66. The Hall–Kier alpha value is -3.01. The van der Waals surface area contributed by atoms with Crippen LogP contribution < -0.4 is 16.0 Å². The third-order valence-electron chi connectivity index (χ3n) is 5.15. The molecule has 2 aliphatic heterocycles. The first-order chi connectivity index (χ1) is 14.8. The fourth-order valence-corrected chi connectivity index (χ4v) is 4.03. The molecule has 0 amide bonds. The van der Waals surface area contributed by atoms with Crippen LogP contribution in [0.4, 0.5) is 11.6 Å². The summed E-state index contributed by atoms with van der Waals surface area (Å²) in [6, 6.07) is 15.2. The smallest absolute Gasteiger partial charge is 0.223 e. The fraction of sp³-hybridized carbons (Fsp3) is 0.286. The normalized spacial score (nSPS) is 24.9. The fourth-order valence-electron chi connectivity index (χ4n) is 3.76. The van der Waals surface area contributed by atoms with Gasteiger partial charge in [-0.1, -0.05) is 18.2 Å². The van der Waals surface area contributed by atoms with Crippen LogP contribution in [0, 0.1) is 0 Å². The number of para-hydroxylation sites is 1. The number of aromatic nitrogens is 2. The lowest BCUT2D eigenvalue weighted by molar-refractivity contribution is 0.0689. The predicted molar refractivity (Wildman–Crippen MR) is 116 cm³/mol. The molecule has 5 rings (SSSR count). The minimum absolute atomic E-state index is 0.0270. The molecule has 2 aromatic heterocycles. The van der Waals surface area contributed by atoms with Crippen LogP contribution in [0.25, 0.3) is 11.5 Å². The van der Waals surface area contributed by atoms with E-state index in [0.717, 1.165) is 11.4 Å². The van der Waals surface area contributed by atoms with Gasteiger partial charge in [0.05, 0.1) is 31.6 Å². The Morgan fingerprint density at radius 2 is 1.77 bits per heavy atom. The van der Waals surface area contributed by atoms with E-state index < -0.39 is 0 Å². The minimum atomic E-state index is -0.113. The largest absolute Gasteiger partial charge is 0.463 e. The Morgan fingerprint density at radius 1 is 0.967 bits per heavy atom. The molecule has 0 unspecified atom stereocenters. The van der Waals surface area contributed by atoms with Crippen LogP contribution >= 0.6 is 12.2 Å². The molecule has 2 fully saturated rings. The van der Waals surface area contributed by atoms with Gasteiger partial charge in [0, 0.05) is 11.9 Å². The van der Waals surface area contributed by atoms with E-state index in [1.807, 2.05) is 48.5 Å². The van der Waals surface area contributed by atoms with Gasteiger partial charge in [-0.2, -0.15) is 0 Å². The summed E-state index contributed by atoms with van der Waals surface area (Å²) >= 11 is 5.44. The molecule has 4 heterocycles. The Bertz CT molecular complexity index is 1000. The maximum atomic E-state index is 6.02. The third kappa shape index (κ3) is 4.00. The van der Waals surface area contributed by atoms with Crippen LogP contribution in [0.5, 0.6) is 0 Å². The van der Waals surface area contributed by atoms with Crippen LogP contribution in [0.2, 0.25) is 0 Å². The van der Waals surface area contributed by atoms with Gasteiger partial charge in [0.1, 0.15) is 17.9 Å². The summed E-state index contributed by atoms with van der Waals surface area (Å²) < 4.78 is 17.4. The van der Waals surface area contributed by atoms with E-state index in [-0.39, 0.29) is 24.3 Å². The Balaban J connectivity index is 1.20. The SMILES string of the molecule is S=C(Nc1ccccc1)N[C@@H]1CO[C@@H]2[C@@H]1OC[C@@H]2Nc1nccc(-c2ccco2)n1. The van der Waals surface area contributed by atoms with Gasteiger partial charge in [0.2, 0.25) is 5.95 Å². The molecule has 154 valence electrons. The summed E-state index contributed by atoms with van der Waals surface area (Å²) in [6.07, 6.45) is 3.11. The average Bonchev–Trinajstić information content (AvgIpc) is 3.50. The van der Waals surface area contributed by atoms with Crippen LogP contribution in [0.1, 0.15) is 0 Å². The summed E-state index contributed by atoms with van der Waals surface area (Å²) in [7, 11) is 0. The van der Waals surface area contributed by atoms with E-state index in [1.54, 1.807) is 12.5 Å². The molecule has 0 aliphatic carbocycles. The lowest BCUT2D eigenvalue weighted by Gasteiger charge is -2.20. The van der Waals surface area contributed by atoms with Gasteiger partial charge in [0.25, 0.3) is 0 Å². The minimum Gasteiger partial charge on any atom is -0.463 e. The van der Waals surface area contributed by atoms with Crippen molar-refractivity contribution >= 4 is 29.0 Å². The van der Waals surface area contributed by atoms with Gasteiger partial charge in [-0.25, -0.2) is 9.97 Å². The van der Waals surface area contributed by atoms with Gasteiger partial charge < -0.3 is 29.8 Å². The molecule has 8 nitrogen and oxygen atoms in total. The molecule has 0 radical (unpaired) electrons. The first-order valence-electron chi connectivity index (χ1n) is 9.75. The van der Waals surface area contributed by atoms with Gasteiger partial charge in [0.15, 0.2) is 10.9 Å². The molecule has 0 bridgehead atoms. The number of fused-ring (bicyclic) bond motifs is 1. The maximum Gasteiger partial charge on any atom is 0.223 e. The van der Waals surface area contributed by atoms with Gasteiger partial charge in [-0.15, -0.1) is 0 Å². The number of ether oxygens (including phenoxy) is 2. The first kappa shape index (κ1) is 19.0. The van der Waals surface area contributed by atoms with Gasteiger partial charge >= 0.3 is 0 Å². The quantitative estimate of drug-likeness (QED) is 0.536. The van der Waals surface area contributed by atoms with Crippen molar-refractivity contribution in [2.45, 2.75) is 24.3 Å². The van der Waals surface area contributed by atoms with Crippen molar-refractivity contribution in [2.24, 2.45) is 0 Å². The van der Waals surface area contributed by atoms with Crippen LogP contribution in [-0.4, -0.2) is 52.6 Å². The molecule has 30 heavy (non-hydrogen) atoms. The Morgan fingerprint density at radius 3 is 2.57 bits per heavy atom. The van der Waals surface area contributed by atoms with Crippen molar-refractivity contribution in [1.82, 2.24) is 15.3 Å². The lowest BCUT2D eigenvalue weighted by atomic mass is 10.1. The number of benzene rings is 1. The molecule has 3 aromatic rings. The van der Waals surface area contributed by atoms with Crippen molar-refractivity contribution in [3.63, 3.8) is 0 Å². The van der Waals surface area contributed by atoms with E-state index in [9.17, 15) is 0 Å². The Labute approximate surface area is 179 Å². The highest BCUT2D eigenvalue weighted by Gasteiger charge is 2.48. The molecule has 1 aromatic carbocycles. The Kier molecular flexibility index (Phi) is 5.31. The third-order valence-corrected chi connectivity index (χ3v) is 5.37. The highest BCUT2D eigenvalue weighted by atomic mass is 32.1. The van der Waals surface area contributed by atoms with E-state index >= 15 is 0 Å². The molecule has 2 saturated heterocycles. The number of anilines is 2. The second-order valence-electron chi connectivity index (χ2n) is 7.16. The number of hydrogen-bond donors (Lipinski definition) is 3. The van der Waals surface area contributed by atoms with Crippen LogP contribution in [-0.2, 0) is 9.47 Å². The second-order valence-corrected chi connectivity index (χ2v) is 7.57. The van der Waals surface area contributed by atoms with E-state index in [1.165, 1.54) is 0 Å². The van der Waals surface area contributed by atoms with E-state index in [0.29, 0.717) is 30.0 Å². The zero-order chi connectivity index (χ0) is 20.3. The molecule has 3 N–H and O–H groups in total. The van der Waals surface area contributed by atoms with Gasteiger partial charge in [-0.3, -0.25) is 0 Å². The summed E-state index contributed by atoms with van der Waals surface area (Å²) in [6.45, 7) is 1.01. The zero-order valence-corrected chi connectivity index (χ0v) is 16.8. The number of nitrogens with one attached hydrogen (secondary N) is 3. The molecule has 9 heteroatoms. The summed E-state index contributed by atoms with van der Waals surface area (Å²) in [5, 5.41) is 10.4. The highest BCUT2D eigenvalue weighted by molar-refractivity contribution is 7.80. The predicted octanol–water partition coefficient (Wildman–Crippen LogP) is 2.67. The number of thiocarbonyl (C=S) groups is 1. The molecular weight excluding hydrogens is 402 g/mol. The monoisotopic (exact) mass is 423 g/mol. The number of hydrogen-bond acceptors (Lipinski definition) is 7. The summed E-state index contributed by atoms with van der Waals surface area (Å²) in [5.74, 6) is 1.21. The second kappa shape index (κ2) is 8.39. The average molecular weight is 423 g/mol. The van der Waals surface area contributed by atoms with Crippen molar-refractivity contribution in [3.8, 4) is 11.5 Å². The van der Waals surface area contributed by atoms with Gasteiger partial charge in [-0.05, 0) is 42.5 Å². The number of rotatable bonds is 5. The zero-order valence-electron chi connectivity index (χ0n) is 16.0. The molecular formula is C21H21N5O3S. The molecule has 0 saturated carbocycles. The van der Waals surface area contributed by atoms with Crippen molar-refractivity contribution in [3.05, 3.63) is 61.0 Å². The summed E-state index contributed by atoms with van der Waals surface area (Å²) in [4.78, 5) is 8.85. The molecule has 2 aliphatic rings. The lowest BCUT2D eigenvalue weighted by Crippen LogP contribution is -2.46. The van der Waals surface area contributed by atoms with E-state index in [4.69, 9.17) is 26.1 Å². The first-order valence-corrected chi connectivity index (χ1v) is 10.2. The number of furan rings is 1. The van der Waals surface area contributed by atoms with E-state index in [2.05, 4.69) is 25.9 Å². The molecule has 4 atom stereocenters. The molecule has 0 spiro atoms. The topological polar surface area (TPSA) is 93.5 Å². The standard InChI is InChI=1S/C21H21N5O3S/c30-21(23-13-5-2-1-3-6-13)26-16-12-29-18-15(11-28-19(16)18)25-20-22-9-8-14(24-20)17-7-4-10-27-17/h1-10,15-16,18-19H,11-12H2,(H,22,24,25)(H2,23,26,30)/t15-,16+,18-,19+/m0/s1. The highest BCUT2D eigenvalue weighted by Crippen LogP contribution is 2.29. The van der Waals surface area contributed by atoms with Crippen LogP contribution in [0.3, 0.4) is 0 Å². The van der Waals surface area contributed by atoms with Crippen molar-refractivity contribution < 1.29 is 13.9 Å². The van der Waals surface area contributed by atoms with Crippen molar-refractivity contribution in [1.29, 1.82) is 0 Å². The van der Waals surface area contributed by atoms with Crippen LogP contribution in [0.15, 0.2) is 65.4 Å². The van der Waals surface area contributed by atoms with Crippen molar-refractivity contribution in [2.75, 3.05) is 23.8 Å². The maximum absolute atomic E-state index is 6.02. The number of nitrogens with zero attached hydrogens (tertiary/aromatic N) is 2.